The highest BCUT2D eigenvalue weighted by Crippen LogP contribution is 2.23. The highest BCUT2D eigenvalue weighted by atomic mass is 19.1. The minimum absolute atomic E-state index is 0.125. The number of aromatic nitrogens is 1. The van der Waals surface area contributed by atoms with Crippen molar-refractivity contribution in [3.63, 3.8) is 0 Å². The fraction of sp³-hybridized carbons (Fsp3) is 0.269. The maximum Gasteiger partial charge on any atom is 0.313 e. The van der Waals surface area contributed by atoms with Gasteiger partial charge in [0.2, 0.25) is 0 Å². The van der Waals surface area contributed by atoms with Gasteiger partial charge in [-0.15, -0.1) is 0 Å². The molecule has 1 fully saturated rings. The number of hydrogen-bond acceptors (Lipinski definition) is 5. The van der Waals surface area contributed by atoms with Crippen LogP contribution in [0.2, 0.25) is 0 Å². The van der Waals surface area contributed by atoms with Gasteiger partial charge in [-0.05, 0) is 48.4 Å². The van der Waals surface area contributed by atoms with E-state index in [1.54, 1.807) is 31.5 Å². The predicted molar refractivity (Wildman–Crippen MR) is 130 cm³/mol. The van der Waals surface area contributed by atoms with E-state index >= 15 is 0 Å². The molecule has 1 aliphatic rings. The van der Waals surface area contributed by atoms with Gasteiger partial charge in [-0.3, -0.25) is 19.5 Å². The van der Waals surface area contributed by atoms with E-state index in [2.05, 4.69) is 37.6 Å². The summed E-state index contributed by atoms with van der Waals surface area (Å²) in [5, 5.41) is 5.19. The lowest BCUT2D eigenvalue weighted by atomic mass is 10.1. The molecule has 2 amide bonds. The minimum Gasteiger partial charge on any atom is -0.369 e. The van der Waals surface area contributed by atoms with Gasteiger partial charge in [0.25, 0.3) is 0 Å². The van der Waals surface area contributed by atoms with Gasteiger partial charge in [0.05, 0.1) is 6.04 Å². The average Bonchev–Trinajstić information content (AvgIpc) is 2.88. The van der Waals surface area contributed by atoms with E-state index in [0.29, 0.717) is 5.56 Å². The van der Waals surface area contributed by atoms with Gasteiger partial charge in [0.15, 0.2) is 0 Å². The van der Waals surface area contributed by atoms with Crippen LogP contribution in [0.3, 0.4) is 0 Å². The lowest BCUT2D eigenvalue weighted by molar-refractivity contribution is -0.136. The molecule has 0 spiro atoms. The Labute approximate surface area is 198 Å². The standard InChI is InChI=1S/C26H28FN5O2/c1-19-9-10-21(16-23(19)27)30-26(34)25(33)29-18-24(20-6-5-11-28-17-20)32-14-12-31(13-15-32)22-7-3-2-4-8-22/h2-11,16-17,24H,12-15,18H2,1H3,(H,29,33)(H,30,34). The van der Waals surface area contributed by atoms with Crippen molar-refractivity contribution in [3.05, 3.63) is 90.0 Å². The monoisotopic (exact) mass is 461 g/mol. The third-order valence-corrected chi connectivity index (χ3v) is 6.04. The minimum atomic E-state index is -0.831. The SMILES string of the molecule is Cc1ccc(NC(=O)C(=O)NCC(c2cccnc2)N2CCN(c3ccccc3)CC2)cc1F. The van der Waals surface area contributed by atoms with Gasteiger partial charge in [-0.2, -0.15) is 0 Å². The Balaban J connectivity index is 1.38. The molecule has 176 valence electrons. The van der Waals surface area contributed by atoms with Crippen molar-refractivity contribution in [2.45, 2.75) is 13.0 Å². The molecule has 34 heavy (non-hydrogen) atoms. The van der Waals surface area contributed by atoms with Crippen LogP contribution in [0, 0.1) is 12.7 Å². The zero-order chi connectivity index (χ0) is 23.9. The van der Waals surface area contributed by atoms with Gasteiger partial charge < -0.3 is 15.5 Å². The first-order valence-corrected chi connectivity index (χ1v) is 11.3. The molecule has 1 aliphatic heterocycles. The molecule has 3 aromatic rings. The lowest BCUT2D eigenvalue weighted by Crippen LogP contribution is -2.50. The van der Waals surface area contributed by atoms with E-state index < -0.39 is 17.6 Å². The largest absolute Gasteiger partial charge is 0.369 e. The number of para-hydroxylation sites is 1. The van der Waals surface area contributed by atoms with Crippen LogP contribution in [0.25, 0.3) is 0 Å². The van der Waals surface area contributed by atoms with Crippen LogP contribution in [0.15, 0.2) is 73.1 Å². The summed E-state index contributed by atoms with van der Waals surface area (Å²) in [5.74, 6) is -2.04. The number of piperazine rings is 1. The molecule has 8 heteroatoms. The molecule has 1 unspecified atom stereocenters. The second-order valence-electron chi connectivity index (χ2n) is 8.29. The first-order chi connectivity index (χ1) is 16.5. The van der Waals surface area contributed by atoms with Crippen LogP contribution in [0.1, 0.15) is 17.2 Å². The average molecular weight is 462 g/mol. The summed E-state index contributed by atoms with van der Waals surface area (Å²) < 4.78 is 13.7. The number of anilines is 2. The van der Waals surface area contributed by atoms with E-state index in [9.17, 15) is 14.0 Å². The molecule has 0 saturated carbocycles. The normalized spacial score (nSPS) is 14.9. The maximum absolute atomic E-state index is 13.7. The summed E-state index contributed by atoms with van der Waals surface area (Å²) in [6.07, 6.45) is 3.50. The molecule has 0 bridgehead atoms. The molecule has 7 nitrogen and oxygen atoms in total. The molecule has 1 atom stereocenters. The van der Waals surface area contributed by atoms with Gasteiger partial charge in [-0.25, -0.2) is 4.39 Å². The number of hydrogen-bond donors (Lipinski definition) is 2. The van der Waals surface area contributed by atoms with Crippen molar-refractivity contribution in [2.75, 3.05) is 42.9 Å². The molecule has 1 aromatic heterocycles. The Kier molecular flexibility index (Phi) is 7.49. The molecule has 2 aromatic carbocycles. The Hall–Kier alpha value is -3.78. The number of halogens is 1. The molecule has 0 radical (unpaired) electrons. The fourth-order valence-corrected chi connectivity index (χ4v) is 4.09. The molecule has 4 rings (SSSR count). The quantitative estimate of drug-likeness (QED) is 0.552. The zero-order valence-corrected chi connectivity index (χ0v) is 19.1. The number of carbonyl (C=O) groups is 2. The number of carbonyl (C=O) groups excluding carboxylic acids is 2. The van der Waals surface area contributed by atoms with E-state index in [4.69, 9.17) is 0 Å². The first-order valence-electron chi connectivity index (χ1n) is 11.3. The number of nitrogens with zero attached hydrogens (tertiary/aromatic N) is 3. The summed E-state index contributed by atoms with van der Waals surface area (Å²) in [7, 11) is 0. The van der Waals surface area contributed by atoms with Crippen molar-refractivity contribution in [3.8, 4) is 0 Å². The van der Waals surface area contributed by atoms with Gasteiger partial charge in [-0.1, -0.05) is 30.3 Å². The first kappa shape index (κ1) is 23.4. The highest BCUT2D eigenvalue weighted by molar-refractivity contribution is 6.39. The van der Waals surface area contributed by atoms with Gasteiger partial charge in [0.1, 0.15) is 5.82 Å². The third kappa shape index (κ3) is 5.77. The highest BCUT2D eigenvalue weighted by Gasteiger charge is 2.27. The van der Waals surface area contributed by atoms with E-state index in [0.717, 1.165) is 31.7 Å². The molecule has 2 heterocycles. The fourth-order valence-electron chi connectivity index (χ4n) is 4.09. The van der Waals surface area contributed by atoms with Crippen molar-refractivity contribution in [1.82, 2.24) is 15.2 Å². The van der Waals surface area contributed by atoms with Crippen molar-refractivity contribution >= 4 is 23.2 Å². The van der Waals surface area contributed by atoms with Crippen molar-refractivity contribution < 1.29 is 14.0 Å². The van der Waals surface area contributed by atoms with E-state index in [-0.39, 0.29) is 18.3 Å². The number of benzene rings is 2. The zero-order valence-electron chi connectivity index (χ0n) is 19.1. The Morgan fingerprint density at radius 2 is 1.76 bits per heavy atom. The number of amides is 2. The molecule has 2 N–H and O–H groups in total. The summed E-state index contributed by atoms with van der Waals surface area (Å²) in [6.45, 7) is 5.21. The number of pyridine rings is 1. The number of nitrogens with one attached hydrogen (secondary N) is 2. The molecular formula is C26H28FN5O2. The van der Waals surface area contributed by atoms with Crippen LogP contribution in [-0.2, 0) is 9.59 Å². The van der Waals surface area contributed by atoms with Crippen LogP contribution in [0.5, 0.6) is 0 Å². The Morgan fingerprint density at radius 1 is 1.00 bits per heavy atom. The summed E-state index contributed by atoms with van der Waals surface area (Å²) in [5.41, 5.74) is 2.87. The second-order valence-corrected chi connectivity index (χ2v) is 8.29. The summed E-state index contributed by atoms with van der Waals surface area (Å²) in [4.78, 5) is 33.7. The van der Waals surface area contributed by atoms with Crippen LogP contribution < -0.4 is 15.5 Å². The topological polar surface area (TPSA) is 77.6 Å². The summed E-state index contributed by atoms with van der Waals surface area (Å²) >= 11 is 0. The lowest BCUT2D eigenvalue weighted by Gasteiger charge is -2.40. The Morgan fingerprint density at radius 3 is 2.44 bits per heavy atom. The molecular weight excluding hydrogens is 433 g/mol. The number of aryl methyl sites for hydroxylation is 1. The van der Waals surface area contributed by atoms with Crippen LogP contribution in [0.4, 0.5) is 15.8 Å². The maximum atomic E-state index is 13.7. The predicted octanol–water partition coefficient (Wildman–Crippen LogP) is 3.15. The Bertz CT molecular complexity index is 1120. The van der Waals surface area contributed by atoms with Crippen molar-refractivity contribution in [1.29, 1.82) is 0 Å². The van der Waals surface area contributed by atoms with Crippen LogP contribution in [-0.4, -0.2) is 54.4 Å². The van der Waals surface area contributed by atoms with Gasteiger partial charge in [0, 0.05) is 56.5 Å². The van der Waals surface area contributed by atoms with Crippen LogP contribution >= 0.6 is 0 Å². The van der Waals surface area contributed by atoms with Crippen molar-refractivity contribution in [2.24, 2.45) is 0 Å². The molecule has 1 saturated heterocycles. The number of rotatable bonds is 6. The van der Waals surface area contributed by atoms with Gasteiger partial charge >= 0.3 is 11.8 Å². The third-order valence-electron chi connectivity index (χ3n) is 6.04. The smallest absolute Gasteiger partial charge is 0.313 e. The second kappa shape index (κ2) is 10.9. The molecule has 0 aliphatic carbocycles. The summed E-state index contributed by atoms with van der Waals surface area (Å²) in [6, 6.07) is 18.3. The van der Waals surface area contributed by atoms with E-state index in [1.807, 2.05) is 30.3 Å². The van der Waals surface area contributed by atoms with E-state index in [1.165, 1.54) is 11.8 Å².